The average Bonchev–Trinajstić information content (AvgIpc) is 2.94. The Labute approximate surface area is 136 Å². The molecule has 116 valence electrons. The van der Waals surface area contributed by atoms with E-state index < -0.39 is 0 Å². The lowest BCUT2D eigenvalue weighted by Gasteiger charge is -2.21. The molecule has 0 spiro atoms. The molecule has 0 aliphatic carbocycles. The maximum absolute atomic E-state index is 8.77. The molecule has 2 N–H and O–H groups in total. The first-order valence-electron chi connectivity index (χ1n) is 7.62. The van der Waals surface area contributed by atoms with E-state index >= 15 is 0 Å². The number of hydrogen-bond acceptors (Lipinski definition) is 5. The van der Waals surface area contributed by atoms with Crippen LogP contribution in [-0.2, 0) is 0 Å². The molecule has 2 aromatic rings. The van der Waals surface area contributed by atoms with E-state index in [-0.39, 0.29) is 5.54 Å². The van der Waals surface area contributed by atoms with E-state index in [1.807, 2.05) is 12.1 Å². The Hall–Kier alpha value is -2.71. The van der Waals surface area contributed by atoms with Crippen molar-refractivity contribution in [3.8, 4) is 6.07 Å². The molecule has 1 heterocycles. The Morgan fingerprint density at radius 3 is 2.09 bits per heavy atom. The van der Waals surface area contributed by atoms with Crippen molar-refractivity contribution in [1.82, 2.24) is 0 Å². The first-order valence-corrected chi connectivity index (χ1v) is 7.62. The number of anilines is 1. The molecule has 0 radical (unpaired) electrons. The molecule has 1 atom stereocenters. The average molecular weight is 305 g/mol. The lowest BCUT2D eigenvalue weighted by Crippen LogP contribution is -2.39. The largest absolute Gasteiger partial charge is 0.370 e. The van der Waals surface area contributed by atoms with Crippen LogP contribution in [0.2, 0.25) is 0 Å². The van der Waals surface area contributed by atoms with Crippen molar-refractivity contribution >= 4 is 17.1 Å². The maximum Gasteiger partial charge on any atom is 0.0991 e. The first kappa shape index (κ1) is 15.2. The second-order valence-electron chi connectivity index (χ2n) is 6.20. The molecule has 1 fully saturated rings. The molecule has 0 amide bonds. The van der Waals surface area contributed by atoms with Gasteiger partial charge in [0.15, 0.2) is 0 Å². The van der Waals surface area contributed by atoms with Gasteiger partial charge in [0.25, 0.3) is 0 Å². The lowest BCUT2D eigenvalue weighted by atomic mass is 10.0. The van der Waals surface area contributed by atoms with Crippen LogP contribution in [0, 0.1) is 11.3 Å². The second kappa shape index (κ2) is 6.19. The molecule has 2 aromatic carbocycles. The van der Waals surface area contributed by atoms with E-state index in [4.69, 9.17) is 11.0 Å². The molecular formula is C18H19N5. The maximum atomic E-state index is 8.77. The summed E-state index contributed by atoms with van der Waals surface area (Å²) in [6, 6.07) is 17.1. The molecule has 5 heteroatoms. The first-order chi connectivity index (χ1) is 11.1. The standard InChI is InChI=1S/C18H19N5/c1-18(20)10-11-23(13-18)17-8-6-16(7-9-17)22-21-15-4-2-14(12-19)3-5-15/h2-9H,10-11,13,20H2,1H3/b22-21+/t18-/m0/s1. The second-order valence-corrected chi connectivity index (χ2v) is 6.20. The smallest absolute Gasteiger partial charge is 0.0991 e. The normalized spacial score (nSPS) is 20.8. The van der Waals surface area contributed by atoms with E-state index in [2.05, 4.69) is 40.3 Å². The molecule has 1 saturated heterocycles. The van der Waals surface area contributed by atoms with E-state index in [0.29, 0.717) is 5.56 Å². The van der Waals surface area contributed by atoms with Gasteiger partial charge in [0.05, 0.1) is 23.0 Å². The summed E-state index contributed by atoms with van der Waals surface area (Å²) in [4.78, 5) is 2.29. The van der Waals surface area contributed by atoms with Crippen LogP contribution in [0.25, 0.3) is 0 Å². The fourth-order valence-corrected chi connectivity index (χ4v) is 2.65. The van der Waals surface area contributed by atoms with Crippen molar-refractivity contribution in [2.24, 2.45) is 16.0 Å². The summed E-state index contributed by atoms with van der Waals surface area (Å²) in [5, 5.41) is 17.2. The molecule has 1 aliphatic rings. The van der Waals surface area contributed by atoms with Gasteiger partial charge in [0, 0.05) is 24.3 Å². The van der Waals surface area contributed by atoms with E-state index in [1.165, 1.54) is 0 Å². The van der Waals surface area contributed by atoms with Gasteiger partial charge < -0.3 is 10.6 Å². The summed E-state index contributed by atoms with van der Waals surface area (Å²) in [5.74, 6) is 0. The third-order valence-electron chi connectivity index (χ3n) is 4.00. The van der Waals surface area contributed by atoms with Crippen LogP contribution in [-0.4, -0.2) is 18.6 Å². The minimum atomic E-state index is -0.103. The van der Waals surface area contributed by atoms with Crippen molar-refractivity contribution in [3.05, 3.63) is 54.1 Å². The molecule has 0 saturated carbocycles. The molecule has 0 bridgehead atoms. The Balaban J connectivity index is 1.67. The number of benzene rings is 2. The molecular weight excluding hydrogens is 286 g/mol. The van der Waals surface area contributed by atoms with Gasteiger partial charge in [-0.2, -0.15) is 15.5 Å². The van der Waals surface area contributed by atoms with Gasteiger partial charge in [-0.25, -0.2) is 0 Å². The number of nitrogens with zero attached hydrogens (tertiary/aromatic N) is 4. The van der Waals surface area contributed by atoms with Crippen molar-refractivity contribution in [2.75, 3.05) is 18.0 Å². The zero-order chi connectivity index (χ0) is 16.3. The highest BCUT2D eigenvalue weighted by atomic mass is 15.2. The number of nitriles is 1. The van der Waals surface area contributed by atoms with Gasteiger partial charge in [-0.05, 0) is 61.9 Å². The van der Waals surface area contributed by atoms with E-state index in [9.17, 15) is 0 Å². The lowest BCUT2D eigenvalue weighted by molar-refractivity contribution is 0.525. The Morgan fingerprint density at radius 2 is 1.61 bits per heavy atom. The molecule has 23 heavy (non-hydrogen) atoms. The summed E-state index contributed by atoms with van der Waals surface area (Å²) in [7, 11) is 0. The predicted octanol–water partition coefficient (Wildman–Crippen LogP) is 3.90. The topological polar surface area (TPSA) is 77.8 Å². The predicted molar refractivity (Wildman–Crippen MR) is 91.2 cm³/mol. The molecule has 1 aliphatic heterocycles. The fraction of sp³-hybridized carbons (Fsp3) is 0.278. The summed E-state index contributed by atoms with van der Waals surface area (Å²) >= 11 is 0. The Bertz CT molecular complexity index is 738. The summed E-state index contributed by atoms with van der Waals surface area (Å²) < 4.78 is 0. The highest BCUT2D eigenvalue weighted by Gasteiger charge is 2.29. The summed E-state index contributed by atoms with van der Waals surface area (Å²) in [5.41, 5.74) is 9.38. The number of hydrogen-bond donors (Lipinski definition) is 1. The summed E-state index contributed by atoms with van der Waals surface area (Å²) in [6.07, 6.45) is 1.01. The molecule has 5 nitrogen and oxygen atoms in total. The van der Waals surface area contributed by atoms with Crippen molar-refractivity contribution in [1.29, 1.82) is 5.26 Å². The van der Waals surface area contributed by atoms with Gasteiger partial charge in [-0.15, -0.1) is 0 Å². The van der Waals surface area contributed by atoms with Crippen LogP contribution in [0.15, 0.2) is 58.8 Å². The highest BCUT2D eigenvalue weighted by Crippen LogP contribution is 2.27. The molecule has 3 rings (SSSR count). The minimum Gasteiger partial charge on any atom is -0.370 e. The van der Waals surface area contributed by atoms with Gasteiger partial charge in [0.1, 0.15) is 0 Å². The molecule has 0 unspecified atom stereocenters. The Morgan fingerprint density at radius 1 is 1.04 bits per heavy atom. The highest BCUT2D eigenvalue weighted by molar-refractivity contribution is 5.54. The SMILES string of the molecule is C[C@]1(N)CCN(c2ccc(/N=N/c3ccc(C#N)cc3)cc2)C1. The Kier molecular flexibility index (Phi) is 4.09. The van der Waals surface area contributed by atoms with Gasteiger partial charge in [0.2, 0.25) is 0 Å². The number of nitrogens with two attached hydrogens (primary N) is 1. The van der Waals surface area contributed by atoms with Crippen LogP contribution < -0.4 is 10.6 Å². The third-order valence-corrected chi connectivity index (χ3v) is 4.00. The number of rotatable bonds is 3. The third kappa shape index (κ3) is 3.74. The van der Waals surface area contributed by atoms with Crippen molar-refractivity contribution in [2.45, 2.75) is 18.9 Å². The van der Waals surface area contributed by atoms with E-state index in [0.717, 1.165) is 36.6 Å². The minimum absolute atomic E-state index is 0.103. The quantitative estimate of drug-likeness (QED) is 0.873. The molecule has 0 aromatic heterocycles. The van der Waals surface area contributed by atoms with Crippen LogP contribution in [0.5, 0.6) is 0 Å². The van der Waals surface area contributed by atoms with Crippen LogP contribution in [0.4, 0.5) is 17.1 Å². The van der Waals surface area contributed by atoms with Crippen molar-refractivity contribution < 1.29 is 0 Å². The zero-order valence-electron chi connectivity index (χ0n) is 13.1. The zero-order valence-corrected chi connectivity index (χ0v) is 13.1. The monoisotopic (exact) mass is 305 g/mol. The van der Waals surface area contributed by atoms with Gasteiger partial charge >= 0.3 is 0 Å². The van der Waals surface area contributed by atoms with Crippen LogP contribution in [0.1, 0.15) is 18.9 Å². The van der Waals surface area contributed by atoms with Crippen LogP contribution >= 0.6 is 0 Å². The van der Waals surface area contributed by atoms with Crippen molar-refractivity contribution in [3.63, 3.8) is 0 Å². The van der Waals surface area contributed by atoms with Gasteiger partial charge in [-0.1, -0.05) is 0 Å². The fourth-order valence-electron chi connectivity index (χ4n) is 2.65. The van der Waals surface area contributed by atoms with Crippen LogP contribution in [0.3, 0.4) is 0 Å². The number of azo groups is 1. The summed E-state index contributed by atoms with van der Waals surface area (Å²) in [6.45, 7) is 3.95. The van der Waals surface area contributed by atoms with E-state index in [1.54, 1.807) is 24.3 Å². The van der Waals surface area contributed by atoms with Gasteiger partial charge in [-0.3, -0.25) is 0 Å².